The molecule has 5 heteroatoms. The fourth-order valence-corrected chi connectivity index (χ4v) is 1.37. The fraction of sp³-hybridized carbons (Fsp3) is 0.273. The maximum Gasteiger partial charge on any atom is 0.335 e. The largest absolute Gasteiger partial charge is 0.478 e. The van der Waals surface area contributed by atoms with Gasteiger partial charge in [0, 0.05) is 6.92 Å². The molecule has 1 aromatic rings. The van der Waals surface area contributed by atoms with Crippen LogP contribution in [0.1, 0.15) is 28.9 Å². The zero-order chi connectivity index (χ0) is 12.1. The third kappa shape index (κ3) is 3.06. The number of hydrogen-bond acceptors (Lipinski definition) is 3. The van der Waals surface area contributed by atoms with Gasteiger partial charge in [-0.15, -0.1) is 0 Å². The van der Waals surface area contributed by atoms with Gasteiger partial charge >= 0.3 is 5.97 Å². The second-order valence-corrected chi connectivity index (χ2v) is 3.37. The lowest BCUT2D eigenvalue weighted by atomic mass is 10.0. The average molecular weight is 223 g/mol. The summed E-state index contributed by atoms with van der Waals surface area (Å²) in [4.78, 5) is 21.6. The van der Waals surface area contributed by atoms with Gasteiger partial charge in [0.1, 0.15) is 0 Å². The van der Waals surface area contributed by atoms with E-state index >= 15 is 0 Å². The number of carboxylic acids is 1. The number of nitrogens with one attached hydrogen (secondary N) is 1. The smallest absolute Gasteiger partial charge is 0.335 e. The van der Waals surface area contributed by atoms with Crippen molar-refractivity contribution in [3.8, 4) is 0 Å². The molecule has 5 nitrogen and oxygen atoms in total. The minimum Gasteiger partial charge on any atom is -0.478 e. The molecule has 1 atom stereocenters. The normalized spacial score (nSPS) is 11.9. The molecule has 1 unspecified atom stereocenters. The predicted octanol–water partition coefficient (Wildman–Crippen LogP) is 0.554. The van der Waals surface area contributed by atoms with Crippen LogP contribution >= 0.6 is 0 Å². The summed E-state index contributed by atoms with van der Waals surface area (Å²) in [5, 5.41) is 20.4. The summed E-state index contributed by atoms with van der Waals surface area (Å²) in [6.07, 6.45) is 0. The van der Waals surface area contributed by atoms with Crippen LogP contribution in [0.2, 0.25) is 0 Å². The lowest BCUT2D eigenvalue weighted by Gasteiger charge is -2.15. The van der Waals surface area contributed by atoms with Crippen LogP contribution in [-0.2, 0) is 4.79 Å². The minimum atomic E-state index is -1.04. The number of amides is 1. The van der Waals surface area contributed by atoms with Crippen LogP contribution in [-0.4, -0.2) is 28.7 Å². The third-order valence-corrected chi connectivity index (χ3v) is 2.10. The number of benzene rings is 1. The van der Waals surface area contributed by atoms with E-state index in [2.05, 4.69) is 5.32 Å². The molecular formula is C11H13NO4. The van der Waals surface area contributed by atoms with Crippen LogP contribution in [0.15, 0.2) is 24.3 Å². The number of aliphatic hydroxyl groups excluding tert-OH is 1. The maximum atomic E-state index is 10.9. The van der Waals surface area contributed by atoms with Crippen LogP contribution in [0.25, 0.3) is 0 Å². The molecule has 0 saturated carbocycles. The Morgan fingerprint density at radius 3 is 2.62 bits per heavy atom. The van der Waals surface area contributed by atoms with Gasteiger partial charge in [0.2, 0.25) is 5.91 Å². The lowest BCUT2D eigenvalue weighted by Crippen LogP contribution is -2.28. The van der Waals surface area contributed by atoms with Crippen molar-refractivity contribution in [2.45, 2.75) is 13.0 Å². The zero-order valence-corrected chi connectivity index (χ0v) is 8.80. The van der Waals surface area contributed by atoms with Crippen molar-refractivity contribution in [1.82, 2.24) is 5.32 Å². The van der Waals surface area contributed by atoms with Crippen LogP contribution in [0.3, 0.4) is 0 Å². The highest BCUT2D eigenvalue weighted by Crippen LogP contribution is 2.14. The molecule has 0 fully saturated rings. The number of aromatic carboxylic acids is 1. The zero-order valence-electron chi connectivity index (χ0n) is 8.80. The second-order valence-electron chi connectivity index (χ2n) is 3.37. The summed E-state index contributed by atoms with van der Waals surface area (Å²) in [5.74, 6) is -1.32. The molecule has 0 aliphatic heterocycles. The summed E-state index contributed by atoms with van der Waals surface area (Å²) >= 11 is 0. The molecule has 0 aliphatic carbocycles. The molecule has 1 amide bonds. The minimum absolute atomic E-state index is 0.126. The fourth-order valence-electron chi connectivity index (χ4n) is 1.37. The Labute approximate surface area is 92.7 Å². The van der Waals surface area contributed by atoms with E-state index in [1.807, 2.05) is 0 Å². The summed E-state index contributed by atoms with van der Waals surface area (Å²) in [6, 6.07) is 5.54. The highest BCUT2D eigenvalue weighted by atomic mass is 16.4. The van der Waals surface area contributed by atoms with E-state index in [-0.39, 0.29) is 18.1 Å². The Kier molecular flexibility index (Phi) is 4.02. The first-order chi connectivity index (χ1) is 7.54. The summed E-state index contributed by atoms with van der Waals surface area (Å²) in [5.41, 5.74) is 0.693. The Morgan fingerprint density at radius 2 is 2.12 bits per heavy atom. The average Bonchev–Trinajstić information content (AvgIpc) is 2.25. The van der Waals surface area contributed by atoms with Gasteiger partial charge in [0.25, 0.3) is 0 Å². The Bertz CT molecular complexity index is 403. The molecule has 0 spiro atoms. The van der Waals surface area contributed by atoms with E-state index in [1.165, 1.54) is 19.1 Å². The van der Waals surface area contributed by atoms with Gasteiger partial charge in [0.05, 0.1) is 18.2 Å². The highest BCUT2D eigenvalue weighted by molar-refractivity contribution is 5.87. The number of carbonyl (C=O) groups is 2. The Morgan fingerprint density at radius 1 is 1.44 bits per heavy atom. The maximum absolute atomic E-state index is 10.9. The van der Waals surface area contributed by atoms with Crippen molar-refractivity contribution in [2.75, 3.05) is 6.61 Å². The molecule has 0 heterocycles. The lowest BCUT2D eigenvalue weighted by molar-refractivity contribution is -0.120. The van der Waals surface area contributed by atoms with Gasteiger partial charge in [-0.3, -0.25) is 4.79 Å². The molecule has 86 valence electrons. The molecule has 0 radical (unpaired) electrons. The molecule has 0 aliphatic rings. The monoisotopic (exact) mass is 223 g/mol. The number of rotatable bonds is 4. The van der Waals surface area contributed by atoms with E-state index in [1.54, 1.807) is 12.1 Å². The van der Waals surface area contributed by atoms with Gasteiger partial charge < -0.3 is 15.5 Å². The molecule has 16 heavy (non-hydrogen) atoms. The summed E-state index contributed by atoms with van der Waals surface area (Å²) in [7, 11) is 0. The van der Waals surface area contributed by atoms with Crippen molar-refractivity contribution in [3.05, 3.63) is 35.4 Å². The van der Waals surface area contributed by atoms with E-state index in [0.29, 0.717) is 5.56 Å². The SMILES string of the molecule is CC(=O)NC(CO)c1cccc(C(=O)O)c1. The topological polar surface area (TPSA) is 86.6 Å². The molecule has 1 rings (SSSR count). The van der Waals surface area contributed by atoms with Crippen molar-refractivity contribution in [2.24, 2.45) is 0 Å². The van der Waals surface area contributed by atoms with Crippen LogP contribution in [0.5, 0.6) is 0 Å². The van der Waals surface area contributed by atoms with Crippen molar-refractivity contribution < 1.29 is 19.8 Å². The Balaban J connectivity index is 2.96. The second kappa shape index (κ2) is 5.27. The first-order valence-corrected chi connectivity index (χ1v) is 4.76. The number of aliphatic hydroxyl groups is 1. The van der Waals surface area contributed by atoms with Crippen molar-refractivity contribution >= 4 is 11.9 Å². The van der Waals surface area contributed by atoms with E-state index in [9.17, 15) is 9.59 Å². The van der Waals surface area contributed by atoms with Gasteiger partial charge in [-0.1, -0.05) is 12.1 Å². The van der Waals surface area contributed by atoms with Crippen molar-refractivity contribution in [3.63, 3.8) is 0 Å². The Hall–Kier alpha value is -1.88. The van der Waals surface area contributed by atoms with Crippen molar-refractivity contribution in [1.29, 1.82) is 0 Å². The van der Waals surface area contributed by atoms with Gasteiger partial charge in [0.15, 0.2) is 0 Å². The first kappa shape index (κ1) is 12.2. The van der Waals surface area contributed by atoms with Gasteiger partial charge in [-0.05, 0) is 17.7 Å². The third-order valence-electron chi connectivity index (χ3n) is 2.10. The molecular weight excluding hydrogens is 210 g/mol. The molecule has 0 aromatic heterocycles. The number of carboxylic acid groups (broad SMARTS) is 1. The van der Waals surface area contributed by atoms with Gasteiger partial charge in [-0.2, -0.15) is 0 Å². The molecule has 1 aromatic carbocycles. The highest BCUT2D eigenvalue weighted by Gasteiger charge is 2.13. The molecule has 0 saturated heterocycles. The van der Waals surface area contributed by atoms with Gasteiger partial charge in [-0.25, -0.2) is 4.79 Å². The van der Waals surface area contributed by atoms with Crippen LogP contribution in [0, 0.1) is 0 Å². The number of hydrogen-bond donors (Lipinski definition) is 3. The van der Waals surface area contributed by atoms with E-state index < -0.39 is 12.0 Å². The van der Waals surface area contributed by atoms with E-state index in [0.717, 1.165) is 0 Å². The first-order valence-electron chi connectivity index (χ1n) is 4.76. The summed E-state index contributed by atoms with van der Waals surface area (Å²) in [6.45, 7) is 1.06. The van der Waals surface area contributed by atoms with Crippen LogP contribution < -0.4 is 5.32 Å². The van der Waals surface area contributed by atoms with Crippen LogP contribution in [0.4, 0.5) is 0 Å². The standard InChI is InChI=1S/C11H13NO4/c1-7(14)12-10(6-13)8-3-2-4-9(5-8)11(15)16/h2-5,10,13H,6H2,1H3,(H,12,14)(H,15,16). The summed E-state index contributed by atoms with van der Waals surface area (Å²) < 4.78 is 0. The molecule has 0 bridgehead atoms. The van der Waals surface area contributed by atoms with E-state index in [4.69, 9.17) is 10.2 Å². The number of carbonyl (C=O) groups excluding carboxylic acids is 1. The predicted molar refractivity (Wildman–Crippen MR) is 57.0 cm³/mol. The molecule has 3 N–H and O–H groups in total. The quantitative estimate of drug-likeness (QED) is 0.695.